The summed E-state index contributed by atoms with van der Waals surface area (Å²) in [6.45, 7) is 9.68. The molecule has 3 heterocycles. The maximum Gasteiger partial charge on any atom is 0.413 e. The summed E-state index contributed by atoms with van der Waals surface area (Å²) in [6, 6.07) is 3.85. The maximum absolute atomic E-state index is 14.6. The molecule has 0 unspecified atom stereocenters. The number of nitrogens with zero attached hydrogens (tertiary/aromatic N) is 3. The van der Waals surface area contributed by atoms with E-state index in [1.54, 1.807) is 46.8 Å². The lowest BCUT2D eigenvalue weighted by atomic mass is 9.87. The number of anilines is 2. The molecule has 11 heteroatoms. The molecular formula is C25H31F2N5O4. The average Bonchev–Trinajstić information content (AvgIpc) is 2.76. The van der Waals surface area contributed by atoms with Crippen LogP contribution in [-0.2, 0) is 14.3 Å². The van der Waals surface area contributed by atoms with Crippen LogP contribution in [0.3, 0.4) is 0 Å². The Bertz CT molecular complexity index is 1150. The quantitative estimate of drug-likeness (QED) is 0.591. The number of hydrogen-bond donors (Lipinski definition) is 2. The molecule has 1 saturated heterocycles. The van der Waals surface area contributed by atoms with Gasteiger partial charge in [-0.2, -0.15) is 0 Å². The predicted molar refractivity (Wildman–Crippen MR) is 130 cm³/mol. The minimum absolute atomic E-state index is 0.213. The van der Waals surface area contributed by atoms with Crippen molar-refractivity contribution >= 4 is 29.4 Å². The van der Waals surface area contributed by atoms with Crippen LogP contribution in [0.25, 0.3) is 0 Å². The molecule has 1 fully saturated rings. The molecule has 2 aromatic rings. The minimum atomic E-state index is -3.00. The monoisotopic (exact) mass is 503 g/mol. The molecule has 0 saturated carbocycles. The second kappa shape index (κ2) is 10.2. The summed E-state index contributed by atoms with van der Waals surface area (Å²) in [4.78, 5) is 47.3. The van der Waals surface area contributed by atoms with Crippen LogP contribution in [-0.4, -0.2) is 50.8 Å². The van der Waals surface area contributed by atoms with Crippen molar-refractivity contribution in [1.29, 1.82) is 0 Å². The molecule has 3 amide bonds. The van der Waals surface area contributed by atoms with Gasteiger partial charge in [-0.05, 0) is 57.9 Å². The van der Waals surface area contributed by atoms with E-state index in [0.29, 0.717) is 16.8 Å². The zero-order chi connectivity index (χ0) is 26.8. The number of likely N-dealkylation sites (tertiary alicyclic amines) is 1. The van der Waals surface area contributed by atoms with Gasteiger partial charge in [0.25, 0.3) is 5.92 Å². The zero-order valence-corrected chi connectivity index (χ0v) is 21.2. The van der Waals surface area contributed by atoms with E-state index < -0.39 is 47.8 Å². The van der Waals surface area contributed by atoms with Crippen molar-refractivity contribution in [3.63, 3.8) is 0 Å². The number of alkyl halides is 2. The second-order valence-electron chi connectivity index (χ2n) is 10.0. The highest BCUT2D eigenvalue weighted by Crippen LogP contribution is 2.43. The average molecular weight is 504 g/mol. The van der Waals surface area contributed by atoms with E-state index in [1.807, 2.05) is 0 Å². The number of hydrogen-bond acceptors (Lipinski definition) is 6. The summed E-state index contributed by atoms with van der Waals surface area (Å²) in [5.41, 5.74) is 1.18. The number of carbonyl (C=O) groups excluding carboxylic acids is 3. The van der Waals surface area contributed by atoms with E-state index in [9.17, 15) is 23.2 Å². The number of aromatic nitrogens is 2. The Balaban J connectivity index is 1.75. The van der Waals surface area contributed by atoms with E-state index in [4.69, 9.17) is 4.74 Å². The first-order valence-corrected chi connectivity index (χ1v) is 11.6. The summed E-state index contributed by atoms with van der Waals surface area (Å²) in [5.74, 6) is -5.80. The molecule has 0 bridgehead atoms. The first-order chi connectivity index (χ1) is 16.7. The number of halogens is 2. The molecule has 9 nitrogen and oxygen atoms in total. The third-order valence-corrected chi connectivity index (χ3v) is 5.76. The number of nitrogens with one attached hydrogen (secondary N) is 2. The van der Waals surface area contributed by atoms with Gasteiger partial charge in [-0.3, -0.25) is 19.9 Å². The molecular weight excluding hydrogens is 472 g/mol. The summed E-state index contributed by atoms with van der Waals surface area (Å²) in [7, 11) is 0. The zero-order valence-electron chi connectivity index (χ0n) is 21.2. The van der Waals surface area contributed by atoms with Crippen LogP contribution in [0.1, 0.15) is 57.0 Å². The van der Waals surface area contributed by atoms with E-state index in [-0.39, 0.29) is 18.1 Å². The van der Waals surface area contributed by atoms with Crippen molar-refractivity contribution in [3.05, 3.63) is 47.4 Å². The Hall–Kier alpha value is -3.63. The van der Waals surface area contributed by atoms with E-state index in [2.05, 4.69) is 20.6 Å². The summed E-state index contributed by atoms with van der Waals surface area (Å²) < 4.78 is 34.3. The van der Waals surface area contributed by atoms with Gasteiger partial charge in [0, 0.05) is 30.8 Å². The molecule has 0 radical (unpaired) electrons. The Labute approximate surface area is 208 Å². The summed E-state index contributed by atoms with van der Waals surface area (Å²) in [5, 5.41) is 5.00. The number of ether oxygens (including phenoxy) is 1. The van der Waals surface area contributed by atoms with E-state index in [1.165, 1.54) is 30.3 Å². The highest BCUT2D eigenvalue weighted by atomic mass is 19.3. The number of piperidine rings is 1. The van der Waals surface area contributed by atoms with Crippen LogP contribution in [0.15, 0.2) is 30.6 Å². The second-order valence-corrected chi connectivity index (χ2v) is 10.0. The Morgan fingerprint density at radius 3 is 2.39 bits per heavy atom. The third-order valence-electron chi connectivity index (χ3n) is 5.76. The van der Waals surface area contributed by atoms with Gasteiger partial charge >= 0.3 is 17.9 Å². The van der Waals surface area contributed by atoms with Gasteiger partial charge < -0.3 is 15.0 Å². The van der Waals surface area contributed by atoms with Crippen molar-refractivity contribution < 1.29 is 27.9 Å². The van der Waals surface area contributed by atoms with Crippen molar-refractivity contribution in [2.45, 2.75) is 65.5 Å². The van der Waals surface area contributed by atoms with Crippen molar-refractivity contribution in [1.82, 2.24) is 14.9 Å². The molecule has 36 heavy (non-hydrogen) atoms. The molecule has 2 atom stereocenters. The molecule has 0 aromatic carbocycles. The van der Waals surface area contributed by atoms with Crippen molar-refractivity contribution in [3.8, 4) is 0 Å². The molecule has 1 aliphatic heterocycles. The van der Waals surface area contributed by atoms with Crippen LogP contribution in [0.5, 0.6) is 0 Å². The number of pyridine rings is 2. The van der Waals surface area contributed by atoms with Gasteiger partial charge in [0.2, 0.25) is 0 Å². The van der Waals surface area contributed by atoms with Crippen LogP contribution >= 0.6 is 0 Å². The van der Waals surface area contributed by atoms with Gasteiger partial charge in [0.1, 0.15) is 11.4 Å². The maximum atomic E-state index is 14.6. The van der Waals surface area contributed by atoms with Gasteiger partial charge in [0.15, 0.2) is 0 Å². The number of rotatable bonds is 3. The Morgan fingerprint density at radius 2 is 1.81 bits per heavy atom. The molecule has 1 aliphatic rings. The van der Waals surface area contributed by atoms with Crippen LogP contribution in [0.4, 0.5) is 25.1 Å². The molecule has 2 aromatic heterocycles. The lowest BCUT2D eigenvalue weighted by molar-refractivity contribution is -0.159. The van der Waals surface area contributed by atoms with Gasteiger partial charge in [-0.15, -0.1) is 0 Å². The highest BCUT2D eigenvalue weighted by Gasteiger charge is 2.48. The van der Waals surface area contributed by atoms with Gasteiger partial charge in [-0.25, -0.2) is 18.6 Å². The van der Waals surface area contributed by atoms with Crippen molar-refractivity contribution in [2.24, 2.45) is 5.92 Å². The van der Waals surface area contributed by atoms with Gasteiger partial charge in [0.05, 0.1) is 17.9 Å². The molecule has 194 valence electrons. The normalized spacial score (nSPS) is 19.4. The SMILES string of the molecule is Cc1ccc([C@@H]2CC(F)(F)[C@@H](C)CN2C(=O)C(=O)Nc2cnc(NC(=O)OC(C)(C)C)c(C)c2)cn1. The largest absolute Gasteiger partial charge is 0.444 e. The molecule has 0 aliphatic carbocycles. The fourth-order valence-corrected chi connectivity index (χ4v) is 3.81. The molecule has 3 rings (SSSR count). The molecule has 0 spiro atoms. The van der Waals surface area contributed by atoms with Crippen molar-refractivity contribution in [2.75, 3.05) is 17.2 Å². The lowest BCUT2D eigenvalue weighted by Gasteiger charge is -2.42. The fourth-order valence-electron chi connectivity index (χ4n) is 3.81. The minimum Gasteiger partial charge on any atom is -0.444 e. The standard InChI is InChI=1S/C25H31F2N5O4/c1-14-9-18(12-29-20(14)31-23(35)36-24(4,5)6)30-21(33)22(34)32-13-15(2)25(26,27)10-19(32)17-8-7-16(3)28-11-17/h7-9,11-12,15,19H,10,13H2,1-6H3,(H,30,33)(H,29,31,35)/t15-,19-/m0/s1. The highest BCUT2D eigenvalue weighted by molar-refractivity contribution is 6.39. The first kappa shape index (κ1) is 27.0. The smallest absolute Gasteiger partial charge is 0.413 e. The molecule has 2 N–H and O–H groups in total. The van der Waals surface area contributed by atoms with Crippen LogP contribution in [0, 0.1) is 19.8 Å². The third kappa shape index (κ3) is 6.52. The van der Waals surface area contributed by atoms with E-state index in [0.717, 1.165) is 0 Å². The van der Waals surface area contributed by atoms with E-state index >= 15 is 0 Å². The topological polar surface area (TPSA) is 114 Å². The number of amides is 3. The first-order valence-electron chi connectivity index (χ1n) is 11.6. The summed E-state index contributed by atoms with van der Waals surface area (Å²) >= 11 is 0. The van der Waals surface area contributed by atoms with Crippen LogP contribution < -0.4 is 10.6 Å². The Morgan fingerprint density at radius 1 is 1.11 bits per heavy atom. The number of aryl methyl sites for hydroxylation is 2. The predicted octanol–water partition coefficient (Wildman–Crippen LogP) is 4.62. The fraction of sp³-hybridized carbons (Fsp3) is 0.480. The lowest BCUT2D eigenvalue weighted by Crippen LogP contribution is -2.52. The van der Waals surface area contributed by atoms with Crippen LogP contribution in [0.2, 0.25) is 0 Å². The van der Waals surface area contributed by atoms with Gasteiger partial charge in [-0.1, -0.05) is 13.0 Å². The summed E-state index contributed by atoms with van der Waals surface area (Å²) in [6.07, 6.45) is 1.44. The number of carbonyl (C=O) groups is 3. The Kier molecular flexibility index (Phi) is 7.61.